The second-order valence-electron chi connectivity index (χ2n) is 12.2. The molecular formula is C34H32F2N2O5S. The molecule has 6 rings (SSSR count). The van der Waals surface area contributed by atoms with Crippen LogP contribution in [0.2, 0.25) is 0 Å². The van der Waals surface area contributed by atoms with Gasteiger partial charge in [-0.3, -0.25) is 14.3 Å². The summed E-state index contributed by atoms with van der Waals surface area (Å²) >= 11 is 1.01. The fourth-order valence-electron chi connectivity index (χ4n) is 5.87. The molecule has 0 saturated carbocycles. The molecule has 3 aromatic carbocycles. The van der Waals surface area contributed by atoms with Crippen molar-refractivity contribution in [2.75, 3.05) is 6.61 Å². The lowest BCUT2D eigenvalue weighted by molar-refractivity contribution is -0.160. The normalized spacial score (nSPS) is 14.2. The first kappa shape index (κ1) is 29.9. The first-order chi connectivity index (χ1) is 20.7. The van der Waals surface area contributed by atoms with Gasteiger partial charge in [0.1, 0.15) is 5.75 Å². The van der Waals surface area contributed by atoms with E-state index in [-0.39, 0.29) is 17.0 Å². The standard InChI is InChI=1S/C34H32F2N2O5S/c1-18-16-23-30(44-32(41)38(23)17-19-6-8-21(9-7-19)34(5,35)36)27(25(18)29(31(39)40)43-33(2,3)4)22-10-11-24-26-20(13-15-42-24)12-14-37-28(22)26/h6-12,14,16,29H,13,15,17H2,1-5H3,(H,39,40)/t29-/m0/s1. The molecule has 0 radical (unpaired) electrons. The Morgan fingerprint density at radius 1 is 1.14 bits per heavy atom. The number of hydrogen-bond acceptors (Lipinski definition) is 6. The monoisotopic (exact) mass is 618 g/mol. The molecule has 0 bridgehead atoms. The summed E-state index contributed by atoms with van der Waals surface area (Å²) in [4.78, 5) is 30.9. The highest BCUT2D eigenvalue weighted by atomic mass is 32.1. The van der Waals surface area contributed by atoms with Crippen LogP contribution in [-0.2, 0) is 28.4 Å². The number of pyridine rings is 1. The highest BCUT2D eigenvalue weighted by Gasteiger charge is 2.34. The molecule has 0 fully saturated rings. The lowest BCUT2D eigenvalue weighted by Gasteiger charge is -2.28. The third-order valence-corrected chi connectivity index (χ3v) is 8.82. The van der Waals surface area contributed by atoms with Gasteiger partial charge in [0, 0.05) is 47.2 Å². The maximum atomic E-state index is 13.8. The summed E-state index contributed by atoms with van der Waals surface area (Å²) in [6.07, 6.45) is 1.12. The number of aromatic nitrogens is 2. The minimum atomic E-state index is -2.97. The average molecular weight is 619 g/mol. The quantitative estimate of drug-likeness (QED) is 0.202. The second kappa shape index (κ2) is 10.8. The van der Waals surface area contributed by atoms with Gasteiger partial charge in [0.05, 0.1) is 34.5 Å². The first-order valence-electron chi connectivity index (χ1n) is 14.3. The van der Waals surface area contributed by atoms with Crippen LogP contribution in [0.15, 0.2) is 59.5 Å². The van der Waals surface area contributed by atoms with E-state index in [0.717, 1.165) is 29.2 Å². The number of benzene rings is 3. The molecule has 7 nitrogen and oxygen atoms in total. The third-order valence-electron chi connectivity index (χ3n) is 7.81. The van der Waals surface area contributed by atoms with Gasteiger partial charge in [-0.25, -0.2) is 13.6 Å². The zero-order chi connectivity index (χ0) is 31.6. The number of halogens is 2. The van der Waals surface area contributed by atoms with Crippen LogP contribution in [-0.4, -0.2) is 32.8 Å². The van der Waals surface area contributed by atoms with Crippen LogP contribution in [0.3, 0.4) is 0 Å². The number of alkyl halides is 2. The number of aliphatic carboxylic acids is 1. The largest absolute Gasteiger partial charge is 0.493 e. The van der Waals surface area contributed by atoms with Crippen LogP contribution < -0.4 is 9.61 Å². The van der Waals surface area contributed by atoms with Gasteiger partial charge in [-0.05, 0) is 68.7 Å². The van der Waals surface area contributed by atoms with Crippen LogP contribution in [0, 0.1) is 6.92 Å². The second-order valence-corrected chi connectivity index (χ2v) is 13.2. The van der Waals surface area contributed by atoms with Crippen molar-refractivity contribution in [3.63, 3.8) is 0 Å². The van der Waals surface area contributed by atoms with Crippen molar-refractivity contribution >= 4 is 38.4 Å². The van der Waals surface area contributed by atoms with E-state index < -0.39 is 23.6 Å². The Balaban J connectivity index is 1.63. The number of thiazole rings is 1. The molecule has 44 heavy (non-hydrogen) atoms. The number of carboxylic acid groups (broad SMARTS) is 1. The van der Waals surface area contributed by atoms with Gasteiger partial charge in [0.2, 0.25) is 0 Å². The number of carbonyl (C=O) groups is 1. The minimum absolute atomic E-state index is 0.107. The predicted molar refractivity (Wildman–Crippen MR) is 167 cm³/mol. The Bertz CT molecular complexity index is 1970. The fraction of sp³-hybridized carbons (Fsp3) is 0.324. The molecule has 1 aliphatic heterocycles. The molecule has 2 aromatic heterocycles. The van der Waals surface area contributed by atoms with Gasteiger partial charge in [-0.2, -0.15) is 0 Å². The lowest BCUT2D eigenvalue weighted by Crippen LogP contribution is -2.28. The van der Waals surface area contributed by atoms with Gasteiger partial charge in [0.25, 0.3) is 5.92 Å². The molecule has 0 saturated heterocycles. The SMILES string of the molecule is Cc1cc2c(sc(=O)n2Cc2ccc(C(C)(F)F)cc2)c(-c2ccc3c4c(ccnc24)CCO3)c1[C@H](OC(C)(C)C)C(=O)O. The number of hydrogen-bond donors (Lipinski definition) is 1. The Labute approximate surface area is 256 Å². The number of nitrogens with zero attached hydrogens (tertiary/aromatic N) is 2. The van der Waals surface area contributed by atoms with Crippen LogP contribution in [0.5, 0.6) is 5.75 Å². The topological polar surface area (TPSA) is 90.7 Å². The molecule has 1 N–H and O–H groups in total. The summed E-state index contributed by atoms with van der Waals surface area (Å²) in [6, 6.07) is 13.4. The Morgan fingerprint density at radius 3 is 2.52 bits per heavy atom. The van der Waals surface area contributed by atoms with E-state index in [9.17, 15) is 23.5 Å². The van der Waals surface area contributed by atoms with E-state index in [4.69, 9.17) is 14.5 Å². The van der Waals surface area contributed by atoms with Crippen molar-refractivity contribution in [3.8, 4) is 16.9 Å². The van der Waals surface area contributed by atoms with Crippen molar-refractivity contribution in [2.24, 2.45) is 0 Å². The zero-order valence-corrected chi connectivity index (χ0v) is 25.9. The molecule has 5 aromatic rings. The van der Waals surface area contributed by atoms with Crippen molar-refractivity contribution in [1.29, 1.82) is 0 Å². The molecule has 1 atom stereocenters. The number of fused-ring (bicyclic) bond motifs is 1. The van der Waals surface area contributed by atoms with E-state index in [1.807, 2.05) is 31.2 Å². The smallest absolute Gasteiger partial charge is 0.337 e. The molecule has 228 valence electrons. The zero-order valence-electron chi connectivity index (χ0n) is 25.0. The summed E-state index contributed by atoms with van der Waals surface area (Å²) in [5.41, 5.74) is 4.45. The molecule has 3 heterocycles. The van der Waals surface area contributed by atoms with Crippen LogP contribution in [0.25, 0.3) is 32.2 Å². The molecule has 0 unspecified atom stereocenters. The Morgan fingerprint density at radius 2 is 1.86 bits per heavy atom. The average Bonchev–Trinajstić information content (AvgIpc) is 3.25. The summed E-state index contributed by atoms with van der Waals surface area (Å²) < 4.78 is 41.9. The van der Waals surface area contributed by atoms with Gasteiger partial charge >= 0.3 is 10.8 Å². The highest BCUT2D eigenvalue weighted by Crippen LogP contribution is 2.46. The van der Waals surface area contributed by atoms with E-state index in [0.29, 0.717) is 62.3 Å². The molecule has 0 amide bonds. The molecule has 10 heteroatoms. The van der Waals surface area contributed by atoms with Crippen molar-refractivity contribution in [1.82, 2.24) is 9.55 Å². The number of carboxylic acids is 1. The van der Waals surface area contributed by atoms with Crippen molar-refractivity contribution < 1.29 is 28.2 Å². The van der Waals surface area contributed by atoms with Gasteiger partial charge in [-0.1, -0.05) is 35.6 Å². The highest BCUT2D eigenvalue weighted by molar-refractivity contribution is 7.17. The van der Waals surface area contributed by atoms with Crippen molar-refractivity contribution in [3.05, 3.63) is 92.2 Å². The lowest BCUT2D eigenvalue weighted by atomic mass is 9.89. The van der Waals surface area contributed by atoms with Crippen LogP contribution >= 0.6 is 11.3 Å². The fourth-order valence-corrected chi connectivity index (χ4v) is 6.91. The summed E-state index contributed by atoms with van der Waals surface area (Å²) in [5.74, 6) is -3.42. The summed E-state index contributed by atoms with van der Waals surface area (Å²) in [6.45, 7) is 8.76. The maximum absolute atomic E-state index is 13.8. The van der Waals surface area contributed by atoms with Gasteiger partial charge in [0.15, 0.2) is 6.10 Å². The van der Waals surface area contributed by atoms with Gasteiger partial charge < -0.3 is 14.6 Å². The van der Waals surface area contributed by atoms with Crippen molar-refractivity contribution in [2.45, 2.75) is 65.2 Å². The maximum Gasteiger partial charge on any atom is 0.337 e. The summed E-state index contributed by atoms with van der Waals surface area (Å²) in [7, 11) is 0. The van der Waals surface area contributed by atoms with E-state index in [1.54, 1.807) is 43.7 Å². The molecule has 1 aliphatic rings. The number of ether oxygens (including phenoxy) is 2. The predicted octanol–water partition coefficient (Wildman–Crippen LogP) is 7.62. The summed E-state index contributed by atoms with van der Waals surface area (Å²) in [5, 5.41) is 11.3. The van der Waals surface area contributed by atoms with E-state index in [1.165, 1.54) is 12.1 Å². The minimum Gasteiger partial charge on any atom is -0.493 e. The molecule has 0 aliphatic carbocycles. The number of aryl methyl sites for hydroxylation is 1. The molecule has 0 spiro atoms. The Hall–Kier alpha value is -4.15. The van der Waals surface area contributed by atoms with Gasteiger partial charge in [-0.15, -0.1) is 0 Å². The van der Waals surface area contributed by atoms with E-state index in [2.05, 4.69) is 0 Å². The third kappa shape index (κ3) is 5.37. The van der Waals surface area contributed by atoms with Crippen LogP contribution in [0.4, 0.5) is 8.78 Å². The molecular weight excluding hydrogens is 586 g/mol. The Kier molecular flexibility index (Phi) is 7.33. The van der Waals surface area contributed by atoms with Crippen LogP contribution in [0.1, 0.15) is 61.6 Å². The van der Waals surface area contributed by atoms with E-state index >= 15 is 0 Å². The number of rotatable bonds is 7. The first-order valence-corrected chi connectivity index (χ1v) is 15.1.